The van der Waals surface area contributed by atoms with Crippen molar-refractivity contribution in [3.63, 3.8) is 0 Å². The number of thiophene rings is 1. The van der Waals surface area contributed by atoms with Gasteiger partial charge >= 0.3 is 5.97 Å². The molecule has 110 valence electrons. The fourth-order valence-corrected chi connectivity index (χ4v) is 2.53. The first-order valence-electron chi connectivity index (χ1n) is 5.96. The largest absolute Gasteiger partial charge is 0.478 e. The van der Waals surface area contributed by atoms with E-state index in [0.29, 0.717) is 12.1 Å². The number of hydrogen-bond acceptors (Lipinski definition) is 3. The summed E-state index contributed by atoms with van der Waals surface area (Å²) in [5.41, 5.74) is -0.991. The number of carbonyl (C=O) groups excluding carboxylic acids is 1. The molecule has 0 fully saturated rings. The van der Waals surface area contributed by atoms with Gasteiger partial charge in [0.15, 0.2) is 11.6 Å². The number of benzene rings is 1. The molecule has 0 saturated heterocycles. The maximum atomic E-state index is 13.2. The minimum Gasteiger partial charge on any atom is -0.478 e. The summed E-state index contributed by atoms with van der Waals surface area (Å²) >= 11 is 1.42. The van der Waals surface area contributed by atoms with Crippen LogP contribution in [0.4, 0.5) is 8.78 Å². The summed E-state index contributed by atoms with van der Waals surface area (Å²) in [6.07, 6.45) is 0. The molecule has 21 heavy (non-hydrogen) atoms. The quantitative estimate of drug-likeness (QED) is 0.911. The van der Waals surface area contributed by atoms with E-state index in [9.17, 15) is 18.4 Å². The lowest BCUT2D eigenvalue weighted by molar-refractivity contribution is 0.0689. The van der Waals surface area contributed by atoms with E-state index >= 15 is 0 Å². The molecule has 7 heteroatoms. The van der Waals surface area contributed by atoms with E-state index in [1.807, 2.05) is 11.4 Å². The fourth-order valence-electron chi connectivity index (χ4n) is 1.79. The predicted octanol–water partition coefficient (Wildman–Crippen LogP) is 3.22. The Hall–Kier alpha value is -2.28. The molecule has 1 aromatic heterocycles. The highest BCUT2D eigenvalue weighted by molar-refractivity contribution is 7.10. The Morgan fingerprint density at radius 2 is 1.86 bits per heavy atom. The van der Waals surface area contributed by atoms with Crippen LogP contribution in [0.3, 0.4) is 0 Å². The molecule has 2 N–H and O–H groups in total. The van der Waals surface area contributed by atoms with Crippen molar-refractivity contribution < 1.29 is 23.5 Å². The van der Waals surface area contributed by atoms with Crippen molar-refractivity contribution in [2.45, 2.75) is 13.0 Å². The first-order valence-corrected chi connectivity index (χ1v) is 6.84. The van der Waals surface area contributed by atoms with Gasteiger partial charge in [-0.2, -0.15) is 0 Å². The van der Waals surface area contributed by atoms with Crippen LogP contribution in [0.1, 0.15) is 38.6 Å². The molecule has 4 nitrogen and oxygen atoms in total. The van der Waals surface area contributed by atoms with Crippen LogP contribution >= 0.6 is 11.3 Å². The van der Waals surface area contributed by atoms with Crippen LogP contribution in [0.2, 0.25) is 0 Å². The molecular formula is C14H11F2NO3S. The second-order valence-electron chi connectivity index (χ2n) is 4.33. The van der Waals surface area contributed by atoms with Crippen LogP contribution in [0.15, 0.2) is 29.6 Å². The lowest BCUT2D eigenvalue weighted by Crippen LogP contribution is -2.28. The van der Waals surface area contributed by atoms with Crippen LogP contribution in [0.25, 0.3) is 0 Å². The van der Waals surface area contributed by atoms with E-state index < -0.39 is 34.6 Å². The van der Waals surface area contributed by atoms with Crippen LogP contribution in [-0.2, 0) is 0 Å². The zero-order chi connectivity index (χ0) is 15.6. The van der Waals surface area contributed by atoms with Gasteiger partial charge < -0.3 is 10.4 Å². The molecule has 1 aromatic carbocycles. The molecule has 0 spiro atoms. The van der Waals surface area contributed by atoms with Gasteiger partial charge in [0.05, 0.1) is 17.2 Å². The van der Waals surface area contributed by atoms with Crippen LogP contribution < -0.4 is 5.32 Å². The first-order chi connectivity index (χ1) is 9.90. The van der Waals surface area contributed by atoms with E-state index in [2.05, 4.69) is 5.32 Å². The molecule has 0 radical (unpaired) electrons. The van der Waals surface area contributed by atoms with Gasteiger partial charge in [0, 0.05) is 4.88 Å². The van der Waals surface area contributed by atoms with Crippen molar-refractivity contribution >= 4 is 23.2 Å². The third-order valence-corrected chi connectivity index (χ3v) is 3.91. The highest BCUT2D eigenvalue weighted by Gasteiger charge is 2.22. The summed E-state index contributed by atoms with van der Waals surface area (Å²) in [5, 5.41) is 13.4. The lowest BCUT2D eigenvalue weighted by atomic mass is 10.1. The minimum atomic E-state index is -1.50. The average molecular weight is 311 g/mol. The first kappa shape index (κ1) is 15.1. The summed E-state index contributed by atoms with van der Waals surface area (Å²) in [6.45, 7) is 1.71. The SMILES string of the molecule is C[C@H](NC(=O)c1cc(F)c(F)cc1C(=O)O)c1cccs1. The summed E-state index contributed by atoms with van der Waals surface area (Å²) in [7, 11) is 0. The van der Waals surface area contributed by atoms with Gasteiger partial charge in [-0.1, -0.05) is 6.07 Å². The van der Waals surface area contributed by atoms with Gasteiger partial charge in [0.2, 0.25) is 0 Å². The molecule has 2 aromatic rings. The lowest BCUT2D eigenvalue weighted by Gasteiger charge is -2.13. The minimum absolute atomic E-state index is 0.368. The molecule has 0 aliphatic heterocycles. The van der Waals surface area contributed by atoms with E-state index in [4.69, 9.17) is 5.11 Å². The van der Waals surface area contributed by atoms with Crippen molar-refractivity contribution in [2.75, 3.05) is 0 Å². The van der Waals surface area contributed by atoms with E-state index in [0.717, 1.165) is 4.88 Å². The zero-order valence-corrected chi connectivity index (χ0v) is 11.7. The molecule has 2 rings (SSSR count). The number of carboxylic acid groups (broad SMARTS) is 1. The number of hydrogen-bond donors (Lipinski definition) is 2. The Labute approximate surface area is 123 Å². The van der Waals surface area contributed by atoms with Crippen LogP contribution in [0, 0.1) is 11.6 Å². The Kier molecular flexibility index (Phi) is 4.32. The Morgan fingerprint density at radius 1 is 1.24 bits per heavy atom. The predicted molar refractivity (Wildman–Crippen MR) is 73.5 cm³/mol. The topological polar surface area (TPSA) is 66.4 Å². The van der Waals surface area contributed by atoms with Gasteiger partial charge in [-0.15, -0.1) is 11.3 Å². The summed E-state index contributed by atoms with van der Waals surface area (Å²) < 4.78 is 26.3. The average Bonchev–Trinajstić information content (AvgIpc) is 2.95. The summed E-state index contributed by atoms with van der Waals surface area (Å²) in [6, 6.07) is 4.34. The molecule has 1 amide bonds. The van der Waals surface area contributed by atoms with Gasteiger partial charge in [0.25, 0.3) is 5.91 Å². The maximum absolute atomic E-state index is 13.2. The van der Waals surface area contributed by atoms with Gasteiger partial charge in [-0.3, -0.25) is 4.79 Å². The summed E-state index contributed by atoms with van der Waals surface area (Å²) in [4.78, 5) is 24.0. The molecule has 0 aliphatic carbocycles. The standard InChI is InChI=1S/C14H11F2NO3S/c1-7(12-3-2-4-21-12)17-13(18)8-5-10(15)11(16)6-9(8)14(19)20/h2-7H,1H3,(H,17,18)(H,19,20)/t7-/m0/s1. The molecule has 1 atom stereocenters. The molecule has 0 bridgehead atoms. The van der Waals surface area contributed by atoms with Crippen molar-refractivity contribution in [3.8, 4) is 0 Å². The monoisotopic (exact) mass is 311 g/mol. The number of carbonyl (C=O) groups is 2. The highest BCUT2D eigenvalue weighted by atomic mass is 32.1. The normalized spacial score (nSPS) is 12.0. The molecule has 0 aliphatic rings. The van der Waals surface area contributed by atoms with Crippen molar-refractivity contribution in [1.82, 2.24) is 5.32 Å². The zero-order valence-electron chi connectivity index (χ0n) is 10.9. The van der Waals surface area contributed by atoms with Crippen molar-refractivity contribution in [2.24, 2.45) is 0 Å². The fraction of sp³-hybridized carbons (Fsp3) is 0.143. The number of amides is 1. The van der Waals surface area contributed by atoms with Crippen molar-refractivity contribution in [3.05, 3.63) is 57.3 Å². The summed E-state index contributed by atoms with van der Waals surface area (Å²) in [5.74, 6) is -4.85. The van der Waals surface area contributed by atoms with E-state index in [1.54, 1.807) is 13.0 Å². The number of rotatable bonds is 4. The Bertz CT molecular complexity index is 686. The molecule has 0 unspecified atom stereocenters. The molecule has 1 heterocycles. The number of nitrogens with one attached hydrogen (secondary N) is 1. The Morgan fingerprint density at radius 3 is 2.38 bits per heavy atom. The van der Waals surface area contributed by atoms with E-state index in [1.165, 1.54) is 11.3 Å². The third-order valence-electron chi connectivity index (χ3n) is 2.85. The number of halogens is 2. The van der Waals surface area contributed by atoms with Crippen LogP contribution in [0.5, 0.6) is 0 Å². The van der Waals surface area contributed by atoms with E-state index in [-0.39, 0.29) is 6.04 Å². The van der Waals surface area contributed by atoms with Gasteiger partial charge in [0.1, 0.15) is 0 Å². The number of carboxylic acids is 1. The second-order valence-corrected chi connectivity index (χ2v) is 5.31. The van der Waals surface area contributed by atoms with Gasteiger partial charge in [-0.05, 0) is 30.5 Å². The molecular weight excluding hydrogens is 300 g/mol. The molecule has 0 saturated carbocycles. The highest BCUT2D eigenvalue weighted by Crippen LogP contribution is 2.20. The maximum Gasteiger partial charge on any atom is 0.336 e. The number of aromatic carboxylic acids is 1. The van der Waals surface area contributed by atoms with Crippen molar-refractivity contribution in [1.29, 1.82) is 0 Å². The second kappa shape index (κ2) is 6.01. The Balaban J connectivity index is 2.30. The van der Waals surface area contributed by atoms with Gasteiger partial charge in [-0.25, -0.2) is 13.6 Å². The third kappa shape index (κ3) is 3.25. The van der Waals surface area contributed by atoms with Crippen LogP contribution in [-0.4, -0.2) is 17.0 Å². The smallest absolute Gasteiger partial charge is 0.336 e.